The van der Waals surface area contributed by atoms with Crippen LogP contribution in [0.5, 0.6) is 0 Å². The number of anilines is 1. The molecule has 0 saturated carbocycles. The highest BCUT2D eigenvalue weighted by atomic mass is 16.4. The van der Waals surface area contributed by atoms with Gasteiger partial charge in [-0.05, 0) is 42.0 Å². The summed E-state index contributed by atoms with van der Waals surface area (Å²) in [7, 11) is 0. The fraction of sp³-hybridized carbons (Fsp3) is 0.435. The van der Waals surface area contributed by atoms with E-state index in [0.29, 0.717) is 26.1 Å². The number of pyridine rings is 1. The number of fused-ring (bicyclic) bond motifs is 2. The van der Waals surface area contributed by atoms with Crippen molar-refractivity contribution >= 4 is 17.8 Å². The van der Waals surface area contributed by atoms with Crippen molar-refractivity contribution in [2.24, 2.45) is 0 Å². The third-order valence-electron chi connectivity index (χ3n) is 5.90. The molecule has 3 N–H and O–H groups in total. The molecule has 0 radical (unpaired) electrons. The molecule has 0 fully saturated rings. The van der Waals surface area contributed by atoms with Crippen molar-refractivity contribution in [1.82, 2.24) is 15.2 Å². The zero-order chi connectivity index (χ0) is 20.9. The molecule has 4 rings (SSSR count). The number of amides is 2. The van der Waals surface area contributed by atoms with E-state index in [1.165, 1.54) is 5.56 Å². The van der Waals surface area contributed by atoms with E-state index < -0.39 is 5.97 Å². The molecule has 2 aromatic rings. The van der Waals surface area contributed by atoms with E-state index >= 15 is 0 Å². The lowest BCUT2D eigenvalue weighted by Crippen LogP contribution is -2.43. The highest BCUT2D eigenvalue weighted by Gasteiger charge is 2.27. The first-order chi connectivity index (χ1) is 14.6. The molecule has 1 atom stereocenters. The number of carbonyl (C=O) groups excluding carboxylic acids is 1. The average molecular weight is 409 g/mol. The second-order valence-corrected chi connectivity index (χ2v) is 8.01. The number of carboxylic acid groups (broad SMARTS) is 1. The summed E-state index contributed by atoms with van der Waals surface area (Å²) in [6.07, 6.45) is 3.60. The molecular formula is C23H28N4O3. The highest BCUT2D eigenvalue weighted by Crippen LogP contribution is 2.28. The number of rotatable bonds is 5. The van der Waals surface area contributed by atoms with Crippen LogP contribution in [0, 0.1) is 0 Å². The summed E-state index contributed by atoms with van der Waals surface area (Å²) in [6, 6.07) is 11.9. The Hall–Kier alpha value is -3.09. The molecule has 2 amide bonds. The fourth-order valence-electron chi connectivity index (χ4n) is 4.36. The summed E-state index contributed by atoms with van der Waals surface area (Å²) < 4.78 is 0. The minimum Gasteiger partial charge on any atom is -0.481 e. The summed E-state index contributed by atoms with van der Waals surface area (Å²) in [5.74, 6) is -0.0728. The van der Waals surface area contributed by atoms with Crippen LogP contribution in [0.4, 0.5) is 10.6 Å². The van der Waals surface area contributed by atoms with Gasteiger partial charge in [0.1, 0.15) is 5.82 Å². The van der Waals surface area contributed by atoms with E-state index in [-0.39, 0.29) is 18.4 Å². The van der Waals surface area contributed by atoms with Gasteiger partial charge in [0.25, 0.3) is 0 Å². The van der Waals surface area contributed by atoms with Gasteiger partial charge in [0.2, 0.25) is 0 Å². The molecule has 0 bridgehead atoms. The van der Waals surface area contributed by atoms with E-state index in [1.54, 1.807) is 4.90 Å². The summed E-state index contributed by atoms with van der Waals surface area (Å²) in [4.78, 5) is 30.6. The molecule has 2 aliphatic rings. The summed E-state index contributed by atoms with van der Waals surface area (Å²) in [6.45, 7) is 2.45. The average Bonchev–Trinajstić information content (AvgIpc) is 2.93. The first-order valence-electron chi connectivity index (χ1n) is 10.6. The second-order valence-electron chi connectivity index (χ2n) is 8.01. The monoisotopic (exact) mass is 408 g/mol. The molecule has 1 aromatic heterocycles. The zero-order valence-corrected chi connectivity index (χ0v) is 17.1. The molecular weight excluding hydrogens is 380 g/mol. The Bertz CT molecular complexity index is 930. The van der Waals surface area contributed by atoms with Crippen LogP contribution in [0.15, 0.2) is 36.4 Å². The molecule has 0 saturated heterocycles. The molecule has 0 aliphatic carbocycles. The van der Waals surface area contributed by atoms with Crippen LogP contribution in [0.25, 0.3) is 0 Å². The van der Waals surface area contributed by atoms with Crippen LogP contribution in [0.2, 0.25) is 0 Å². The van der Waals surface area contributed by atoms with E-state index in [1.807, 2.05) is 30.3 Å². The zero-order valence-electron chi connectivity index (χ0n) is 17.1. The lowest BCUT2D eigenvalue weighted by Gasteiger charge is -2.24. The largest absolute Gasteiger partial charge is 0.481 e. The normalized spacial score (nSPS) is 17.9. The first kappa shape index (κ1) is 20.2. The lowest BCUT2D eigenvalue weighted by molar-refractivity contribution is -0.137. The number of aromatic nitrogens is 1. The lowest BCUT2D eigenvalue weighted by atomic mass is 9.91. The van der Waals surface area contributed by atoms with E-state index in [9.17, 15) is 14.7 Å². The van der Waals surface area contributed by atoms with Crippen molar-refractivity contribution in [2.75, 3.05) is 31.5 Å². The second kappa shape index (κ2) is 9.15. The van der Waals surface area contributed by atoms with Gasteiger partial charge in [-0.25, -0.2) is 9.78 Å². The van der Waals surface area contributed by atoms with Crippen molar-refractivity contribution in [3.05, 3.63) is 58.8 Å². The Kier molecular flexibility index (Phi) is 6.16. The molecule has 7 nitrogen and oxygen atoms in total. The Labute approximate surface area is 176 Å². The molecule has 2 aliphatic heterocycles. The minimum atomic E-state index is -0.843. The maximum atomic E-state index is 12.8. The van der Waals surface area contributed by atoms with Crippen molar-refractivity contribution < 1.29 is 14.7 Å². The van der Waals surface area contributed by atoms with Crippen molar-refractivity contribution in [3.63, 3.8) is 0 Å². The van der Waals surface area contributed by atoms with Crippen molar-refractivity contribution in [2.45, 2.75) is 38.0 Å². The number of nitrogens with zero attached hydrogens (tertiary/aromatic N) is 2. The quantitative estimate of drug-likeness (QED) is 0.707. The van der Waals surface area contributed by atoms with E-state index in [2.05, 4.69) is 21.7 Å². The van der Waals surface area contributed by atoms with Crippen LogP contribution in [-0.4, -0.2) is 53.2 Å². The van der Waals surface area contributed by atoms with Gasteiger partial charge in [-0.3, -0.25) is 4.79 Å². The number of carboxylic acids is 1. The van der Waals surface area contributed by atoms with Crippen molar-refractivity contribution in [1.29, 1.82) is 0 Å². The van der Waals surface area contributed by atoms with Crippen LogP contribution >= 0.6 is 0 Å². The standard InChI is InChI=1S/C23H28N4O3/c28-21(29)14-18-15-27(13-10-16-4-1-2-6-20(16)18)23(30)25-12-9-19-8-7-17-5-3-11-24-22(17)26-19/h1-2,4,6-8,18H,3,5,9-15H2,(H,24,26)(H,25,30)(H,28,29). The summed E-state index contributed by atoms with van der Waals surface area (Å²) in [5, 5.41) is 15.7. The summed E-state index contributed by atoms with van der Waals surface area (Å²) in [5.41, 5.74) is 4.38. The SMILES string of the molecule is O=C(O)CC1CN(C(=O)NCCc2ccc3c(n2)NCCC3)CCc2ccccc21. The summed E-state index contributed by atoms with van der Waals surface area (Å²) >= 11 is 0. The van der Waals surface area contributed by atoms with Crippen LogP contribution in [-0.2, 0) is 24.1 Å². The predicted molar refractivity (Wildman–Crippen MR) is 115 cm³/mol. The van der Waals surface area contributed by atoms with Gasteiger partial charge in [-0.15, -0.1) is 0 Å². The number of urea groups is 1. The van der Waals surface area contributed by atoms with Gasteiger partial charge in [0, 0.05) is 44.2 Å². The maximum Gasteiger partial charge on any atom is 0.317 e. The molecule has 1 aromatic carbocycles. The molecule has 3 heterocycles. The molecule has 30 heavy (non-hydrogen) atoms. The Balaban J connectivity index is 1.36. The van der Waals surface area contributed by atoms with E-state index in [4.69, 9.17) is 0 Å². The first-order valence-corrected chi connectivity index (χ1v) is 10.6. The Morgan fingerprint density at radius 1 is 1.17 bits per heavy atom. The number of hydrogen-bond acceptors (Lipinski definition) is 4. The van der Waals surface area contributed by atoms with Crippen LogP contribution in [0.3, 0.4) is 0 Å². The minimum absolute atomic E-state index is 0.0207. The van der Waals surface area contributed by atoms with Gasteiger partial charge in [0.15, 0.2) is 0 Å². The fourth-order valence-corrected chi connectivity index (χ4v) is 4.36. The Morgan fingerprint density at radius 2 is 2.03 bits per heavy atom. The van der Waals surface area contributed by atoms with Gasteiger partial charge in [-0.2, -0.15) is 0 Å². The Morgan fingerprint density at radius 3 is 2.90 bits per heavy atom. The van der Waals surface area contributed by atoms with Gasteiger partial charge in [0.05, 0.1) is 6.42 Å². The van der Waals surface area contributed by atoms with Gasteiger partial charge >= 0.3 is 12.0 Å². The topological polar surface area (TPSA) is 94.6 Å². The molecule has 7 heteroatoms. The molecule has 158 valence electrons. The third-order valence-corrected chi connectivity index (χ3v) is 5.90. The van der Waals surface area contributed by atoms with Crippen molar-refractivity contribution in [3.8, 4) is 0 Å². The van der Waals surface area contributed by atoms with Gasteiger partial charge in [-0.1, -0.05) is 30.3 Å². The number of hydrogen-bond donors (Lipinski definition) is 3. The molecule has 1 unspecified atom stereocenters. The van der Waals surface area contributed by atoms with Crippen LogP contribution < -0.4 is 10.6 Å². The van der Waals surface area contributed by atoms with E-state index in [0.717, 1.165) is 48.4 Å². The number of carbonyl (C=O) groups is 2. The number of aryl methyl sites for hydroxylation is 1. The number of nitrogens with one attached hydrogen (secondary N) is 2. The predicted octanol–water partition coefficient (Wildman–Crippen LogP) is 2.81. The smallest absolute Gasteiger partial charge is 0.317 e. The number of benzene rings is 1. The third kappa shape index (κ3) is 4.72. The highest BCUT2D eigenvalue weighted by molar-refractivity contribution is 5.75. The number of aliphatic carboxylic acids is 1. The molecule has 0 spiro atoms. The maximum absolute atomic E-state index is 12.8. The van der Waals surface area contributed by atoms with Gasteiger partial charge < -0.3 is 20.6 Å². The van der Waals surface area contributed by atoms with Crippen LogP contribution in [0.1, 0.15) is 41.1 Å².